The lowest BCUT2D eigenvalue weighted by atomic mass is 9.92. The molecule has 4 heteroatoms. The molecule has 4 aliphatic rings. The van der Waals surface area contributed by atoms with Gasteiger partial charge in [-0.05, 0) is 54.4 Å². The number of piperazine rings is 1. The second-order valence-corrected chi connectivity index (χ2v) is 10.7. The average Bonchev–Trinajstić information content (AvgIpc) is 2.59. The minimum atomic E-state index is 0.334. The second-order valence-electron chi connectivity index (χ2n) is 10.7. The largest absolute Gasteiger partial charge is 0.295 e. The van der Waals surface area contributed by atoms with Crippen LogP contribution in [-0.2, 0) is 0 Å². The van der Waals surface area contributed by atoms with E-state index in [1.165, 1.54) is 52.1 Å². The van der Waals surface area contributed by atoms with Crippen molar-refractivity contribution in [2.24, 2.45) is 0 Å². The van der Waals surface area contributed by atoms with Gasteiger partial charge in [-0.1, -0.05) is 0 Å². The van der Waals surface area contributed by atoms with Crippen LogP contribution in [0, 0.1) is 0 Å². The normalized spacial score (nSPS) is 35.2. The van der Waals surface area contributed by atoms with Crippen LogP contribution in [-0.4, -0.2) is 94.1 Å². The third-order valence-corrected chi connectivity index (χ3v) is 7.13. The summed E-state index contributed by atoms with van der Waals surface area (Å²) in [6, 6.07) is 3.31. The van der Waals surface area contributed by atoms with Gasteiger partial charge >= 0.3 is 0 Å². The summed E-state index contributed by atoms with van der Waals surface area (Å²) in [6.07, 6.45) is 2.85. The molecule has 4 nitrogen and oxygen atoms in total. The molecule has 0 aliphatic carbocycles. The standard InChI is InChI=1S/C20H38N4/c1-19(2,3)22-11-15-7-8-16(12-22)24(15)18-9-21(10-18)17-13-23(14-17)20(4,5)6/h15-18H,7-14H2,1-6H3. The minimum absolute atomic E-state index is 0.334. The molecular weight excluding hydrogens is 296 g/mol. The molecule has 2 atom stereocenters. The van der Waals surface area contributed by atoms with Gasteiger partial charge in [0.25, 0.3) is 0 Å². The van der Waals surface area contributed by atoms with Crippen molar-refractivity contribution in [1.29, 1.82) is 0 Å². The Bertz CT molecular complexity index is 451. The molecule has 0 N–H and O–H groups in total. The summed E-state index contributed by atoms with van der Waals surface area (Å²) in [7, 11) is 0. The molecule has 4 saturated heterocycles. The highest BCUT2D eigenvalue weighted by Gasteiger charge is 2.50. The van der Waals surface area contributed by atoms with Crippen LogP contribution in [0.5, 0.6) is 0 Å². The fraction of sp³-hybridized carbons (Fsp3) is 1.00. The lowest BCUT2D eigenvalue weighted by molar-refractivity contribution is -0.101. The average molecular weight is 335 g/mol. The lowest BCUT2D eigenvalue weighted by Gasteiger charge is -2.59. The Morgan fingerprint density at radius 1 is 0.542 bits per heavy atom. The predicted octanol–water partition coefficient (Wildman–Crippen LogP) is 2.10. The highest BCUT2D eigenvalue weighted by molar-refractivity contribution is 5.07. The van der Waals surface area contributed by atoms with E-state index in [0.29, 0.717) is 11.1 Å². The molecule has 0 aromatic rings. The van der Waals surface area contributed by atoms with Gasteiger partial charge in [0.05, 0.1) is 0 Å². The summed E-state index contributed by atoms with van der Waals surface area (Å²) in [4.78, 5) is 11.0. The minimum Gasteiger partial charge on any atom is -0.295 e. The molecule has 4 rings (SSSR count). The first kappa shape index (κ1) is 17.3. The zero-order valence-electron chi connectivity index (χ0n) is 16.8. The summed E-state index contributed by atoms with van der Waals surface area (Å²) >= 11 is 0. The number of fused-ring (bicyclic) bond motifs is 2. The summed E-state index contributed by atoms with van der Waals surface area (Å²) in [5.74, 6) is 0. The molecule has 24 heavy (non-hydrogen) atoms. The number of nitrogens with zero attached hydrogens (tertiary/aromatic N) is 4. The van der Waals surface area contributed by atoms with E-state index in [-0.39, 0.29) is 0 Å². The topological polar surface area (TPSA) is 13.0 Å². The van der Waals surface area contributed by atoms with E-state index >= 15 is 0 Å². The van der Waals surface area contributed by atoms with Gasteiger partial charge in [0.1, 0.15) is 0 Å². The Kier molecular flexibility index (Phi) is 4.08. The van der Waals surface area contributed by atoms with E-state index in [4.69, 9.17) is 0 Å². The van der Waals surface area contributed by atoms with Crippen LogP contribution in [0.25, 0.3) is 0 Å². The van der Waals surface area contributed by atoms with E-state index in [1.54, 1.807) is 0 Å². The van der Waals surface area contributed by atoms with E-state index in [1.807, 2.05) is 0 Å². The fourth-order valence-corrected chi connectivity index (χ4v) is 5.29. The Morgan fingerprint density at radius 2 is 0.958 bits per heavy atom. The van der Waals surface area contributed by atoms with Crippen molar-refractivity contribution in [1.82, 2.24) is 19.6 Å². The Labute approximate surface area is 149 Å². The Morgan fingerprint density at radius 3 is 1.38 bits per heavy atom. The fourth-order valence-electron chi connectivity index (χ4n) is 5.29. The molecule has 138 valence electrons. The maximum absolute atomic E-state index is 2.93. The first-order chi connectivity index (χ1) is 11.1. The van der Waals surface area contributed by atoms with Crippen molar-refractivity contribution in [3.8, 4) is 0 Å². The summed E-state index contributed by atoms with van der Waals surface area (Å²) < 4.78 is 0. The predicted molar refractivity (Wildman–Crippen MR) is 100 cm³/mol. The smallest absolute Gasteiger partial charge is 0.0357 e. The number of rotatable bonds is 2. The summed E-state index contributed by atoms with van der Waals surface area (Å²) in [6.45, 7) is 21.9. The van der Waals surface area contributed by atoms with Gasteiger partial charge in [-0.25, -0.2) is 0 Å². The van der Waals surface area contributed by atoms with Crippen LogP contribution in [0.4, 0.5) is 0 Å². The SMILES string of the molecule is CC(C)(C)N1CC(N2CC(N3C4CCC3CN(C(C)(C)C)C4)C2)C1. The Balaban J connectivity index is 1.28. The molecule has 0 aromatic carbocycles. The molecule has 4 fully saturated rings. The van der Waals surface area contributed by atoms with E-state index in [2.05, 4.69) is 61.1 Å². The van der Waals surface area contributed by atoms with Crippen molar-refractivity contribution in [3.05, 3.63) is 0 Å². The third-order valence-electron chi connectivity index (χ3n) is 7.13. The quantitative estimate of drug-likeness (QED) is 0.767. The molecule has 0 amide bonds. The molecule has 0 aromatic heterocycles. The van der Waals surface area contributed by atoms with Gasteiger partial charge in [-0.15, -0.1) is 0 Å². The molecule has 2 bridgehead atoms. The number of likely N-dealkylation sites (tertiary alicyclic amines) is 3. The first-order valence-corrected chi connectivity index (χ1v) is 10.1. The zero-order chi connectivity index (χ0) is 17.3. The molecule has 4 heterocycles. The maximum atomic E-state index is 2.93. The van der Waals surface area contributed by atoms with E-state index in [0.717, 1.165) is 24.2 Å². The maximum Gasteiger partial charge on any atom is 0.0357 e. The van der Waals surface area contributed by atoms with Crippen LogP contribution in [0.1, 0.15) is 54.4 Å². The van der Waals surface area contributed by atoms with Crippen molar-refractivity contribution in [2.45, 2.75) is 89.6 Å². The molecule has 0 radical (unpaired) electrons. The molecule has 0 saturated carbocycles. The van der Waals surface area contributed by atoms with Crippen LogP contribution in [0.15, 0.2) is 0 Å². The summed E-state index contributed by atoms with van der Waals surface area (Å²) in [5, 5.41) is 0. The summed E-state index contributed by atoms with van der Waals surface area (Å²) in [5.41, 5.74) is 0.685. The first-order valence-electron chi connectivity index (χ1n) is 10.1. The van der Waals surface area contributed by atoms with Gasteiger partial charge in [-0.2, -0.15) is 0 Å². The van der Waals surface area contributed by atoms with Gasteiger partial charge in [-0.3, -0.25) is 19.6 Å². The highest BCUT2D eigenvalue weighted by Crippen LogP contribution is 2.38. The van der Waals surface area contributed by atoms with Crippen molar-refractivity contribution >= 4 is 0 Å². The zero-order valence-corrected chi connectivity index (χ0v) is 16.8. The lowest BCUT2D eigenvalue weighted by Crippen LogP contribution is -2.74. The number of hydrogen-bond acceptors (Lipinski definition) is 4. The van der Waals surface area contributed by atoms with Gasteiger partial charge in [0, 0.05) is 74.5 Å². The molecule has 4 aliphatic heterocycles. The monoisotopic (exact) mass is 334 g/mol. The van der Waals surface area contributed by atoms with Crippen LogP contribution in [0.3, 0.4) is 0 Å². The van der Waals surface area contributed by atoms with Crippen LogP contribution in [0.2, 0.25) is 0 Å². The van der Waals surface area contributed by atoms with Gasteiger partial charge in [0.15, 0.2) is 0 Å². The van der Waals surface area contributed by atoms with Crippen molar-refractivity contribution in [2.75, 3.05) is 39.3 Å². The van der Waals surface area contributed by atoms with Gasteiger partial charge in [0.2, 0.25) is 0 Å². The van der Waals surface area contributed by atoms with Crippen LogP contribution < -0.4 is 0 Å². The molecule has 0 spiro atoms. The van der Waals surface area contributed by atoms with Gasteiger partial charge < -0.3 is 0 Å². The highest BCUT2D eigenvalue weighted by atomic mass is 15.4. The van der Waals surface area contributed by atoms with E-state index in [9.17, 15) is 0 Å². The van der Waals surface area contributed by atoms with Crippen LogP contribution >= 0.6 is 0 Å². The molecule has 2 unspecified atom stereocenters. The Hall–Kier alpha value is -0.160. The van der Waals surface area contributed by atoms with Crippen molar-refractivity contribution < 1.29 is 0 Å². The third kappa shape index (κ3) is 2.94. The molecular formula is C20H38N4. The van der Waals surface area contributed by atoms with E-state index < -0.39 is 0 Å². The van der Waals surface area contributed by atoms with Crippen molar-refractivity contribution in [3.63, 3.8) is 0 Å². The number of hydrogen-bond donors (Lipinski definition) is 0. The second kappa shape index (κ2) is 5.67.